The second-order valence-electron chi connectivity index (χ2n) is 2.26. The fraction of sp³-hybridized carbons (Fsp3) is 0.250. The van der Waals surface area contributed by atoms with Crippen molar-refractivity contribution in [2.45, 2.75) is 12.2 Å². The van der Waals surface area contributed by atoms with Crippen molar-refractivity contribution in [3.8, 4) is 0 Å². The Kier molecular flexibility index (Phi) is 5.12. The second kappa shape index (κ2) is 5.60. The highest BCUT2D eigenvalue weighted by molar-refractivity contribution is 7.73. The van der Waals surface area contributed by atoms with E-state index < -0.39 is 16.0 Å². The van der Waals surface area contributed by atoms with Crippen LogP contribution in [0, 0.1) is 0 Å². The highest BCUT2D eigenvalue weighted by atomic mass is 32.2. The first kappa shape index (κ1) is 11.0. The van der Waals surface area contributed by atoms with Crippen molar-refractivity contribution in [3.63, 3.8) is 0 Å². The summed E-state index contributed by atoms with van der Waals surface area (Å²) in [6.07, 6.45) is 5.97. The lowest BCUT2D eigenvalue weighted by Crippen LogP contribution is -1.97. The Morgan fingerprint density at radius 1 is 1.50 bits per heavy atom. The molecule has 0 radical (unpaired) electrons. The zero-order chi connectivity index (χ0) is 9.56. The molecule has 0 aliphatic heterocycles. The molecule has 0 spiro atoms. The Balaban J connectivity index is 4.00. The molecule has 1 N–H and O–H groups in total. The van der Waals surface area contributed by atoms with Gasteiger partial charge in [0.15, 0.2) is 0 Å². The molecule has 12 heavy (non-hydrogen) atoms. The molecular formula is C8H12O3S. The summed E-state index contributed by atoms with van der Waals surface area (Å²) in [6.45, 7) is 4.80. The summed E-state index contributed by atoms with van der Waals surface area (Å²) in [5.41, 5.74) is 0. The SMILES string of the molecule is C=C(O)/C=C\C=C/[C@H](C)[SH](=O)=O. The molecule has 0 aliphatic rings. The molecule has 68 valence electrons. The molecule has 0 fully saturated rings. The van der Waals surface area contributed by atoms with Crippen LogP contribution in [0.1, 0.15) is 6.92 Å². The van der Waals surface area contributed by atoms with Crippen LogP contribution < -0.4 is 0 Å². The van der Waals surface area contributed by atoms with Crippen molar-refractivity contribution in [2.75, 3.05) is 0 Å². The Morgan fingerprint density at radius 3 is 2.50 bits per heavy atom. The van der Waals surface area contributed by atoms with E-state index in [1.165, 1.54) is 18.2 Å². The zero-order valence-corrected chi connectivity index (χ0v) is 7.70. The van der Waals surface area contributed by atoms with Crippen molar-refractivity contribution in [3.05, 3.63) is 36.6 Å². The van der Waals surface area contributed by atoms with Gasteiger partial charge in [0.05, 0.1) is 5.25 Å². The molecule has 0 rings (SSSR count). The first-order valence-corrected chi connectivity index (χ1v) is 4.65. The summed E-state index contributed by atoms with van der Waals surface area (Å²) in [4.78, 5) is 0. The minimum absolute atomic E-state index is 0.0567. The van der Waals surface area contributed by atoms with Crippen molar-refractivity contribution >= 4 is 10.7 Å². The van der Waals surface area contributed by atoms with Crippen molar-refractivity contribution in [1.29, 1.82) is 0 Å². The van der Waals surface area contributed by atoms with Crippen molar-refractivity contribution < 1.29 is 13.5 Å². The standard InChI is InChI=1S/C8H12O3S/c1-7(9)5-3-4-6-8(2)12(10)11/h3-6,8-9,12H,1H2,2H3/b5-3-,6-4-/t8-/m0/s1. The first-order valence-electron chi connectivity index (χ1n) is 3.40. The van der Waals surface area contributed by atoms with Crippen LogP contribution in [0.5, 0.6) is 0 Å². The third kappa shape index (κ3) is 5.73. The van der Waals surface area contributed by atoms with Crippen LogP contribution in [0.2, 0.25) is 0 Å². The van der Waals surface area contributed by atoms with E-state index >= 15 is 0 Å². The molecule has 0 saturated heterocycles. The van der Waals surface area contributed by atoms with Crippen LogP contribution in [-0.2, 0) is 10.7 Å². The van der Waals surface area contributed by atoms with Crippen molar-refractivity contribution in [1.82, 2.24) is 0 Å². The van der Waals surface area contributed by atoms with Crippen LogP contribution in [0.4, 0.5) is 0 Å². The smallest absolute Gasteiger partial charge is 0.146 e. The molecule has 0 unspecified atom stereocenters. The summed E-state index contributed by atoms with van der Waals surface area (Å²) in [5, 5.41) is 8.12. The molecule has 0 amide bonds. The average Bonchev–Trinajstić information content (AvgIpc) is 1.97. The summed E-state index contributed by atoms with van der Waals surface area (Å²) in [7, 11) is -2.40. The largest absolute Gasteiger partial charge is 0.509 e. The topological polar surface area (TPSA) is 54.4 Å². The molecule has 0 heterocycles. The molecule has 0 aliphatic carbocycles. The summed E-state index contributed by atoms with van der Waals surface area (Å²) < 4.78 is 20.6. The zero-order valence-electron chi connectivity index (χ0n) is 6.80. The molecule has 0 aromatic carbocycles. The van der Waals surface area contributed by atoms with E-state index in [-0.39, 0.29) is 5.76 Å². The molecule has 4 heteroatoms. The molecular weight excluding hydrogens is 176 g/mol. The fourth-order valence-electron chi connectivity index (χ4n) is 0.462. The number of rotatable bonds is 4. The van der Waals surface area contributed by atoms with Gasteiger partial charge < -0.3 is 5.11 Å². The van der Waals surface area contributed by atoms with E-state index in [0.717, 1.165) is 0 Å². The normalized spacial score (nSPS) is 14.5. The van der Waals surface area contributed by atoms with Crippen LogP contribution >= 0.6 is 0 Å². The number of aliphatic hydroxyl groups excluding tert-OH is 1. The highest BCUT2D eigenvalue weighted by Crippen LogP contribution is 1.91. The van der Waals surface area contributed by atoms with E-state index in [1.807, 2.05) is 0 Å². The number of aliphatic hydroxyl groups is 1. The lowest BCUT2D eigenvalue weighted by atomic mass is 10.3. The number of hydrogen-bond acceptors (Lipinski definition) is 3. The third-order valence-electron chi connectivity index (χ3n) is 1.12. The fourth-order valence-corrected chi connectivity index (χ4v) is 0.702. The predicted octanol–water partition coefficient (Wildman–Crippen LogP) is 1.17. The van der Waals surface area contributed by atoms with E-state index in [4.69, 9.17) is 5.11 Å². The summed E-state index contributed by atoms with van der Waals surface area (Å²) in [5.74, 6) is -0.0567. The van der Waals surface area contributed by atoms with Gasteiger partial charge in [0.2, 0.25) is 0 Å². The van der Waals surface area contributed by atoms with Gasteiger partial charge in [-0.3, -0.25) is 0 Å². The van der Waals surface area contributed by atoms with Gasteiger partial charge in [-0.1, -0.05) is 24.8 Å². The molecule has 0 aromatic heterocycles. The maximum absolute atomic E-state index is 10.3. The van der Waals surface area contributed by atoms with Gasteiger partial charge in [-0.25, -0.2) is 8.42 Å². The maximum Gasteiger partial charge on any atom is 0.146 e. The molecule has 0 saturated carbocycles. The minimum atomic E-state index is -2.40. The molecule has 0 aromatic rings. The van der Waals surface area contributed by atoms with Gasteiger partial charge >= 0.3 is 0 Å². The van der Waals surface area contributed by atoms with Crippen LogP contribution in [-0.4, -0.2) is 18.8 Å². The van der Waals surface area contributed by atoms with Crippen LogP contribution in [0.25, 0.3) is 0 Å². The Labute approximate surface area is 73.7 Å². The first-order chi connectivity index (χ1) is 5.54. The van der Waals surface area contributed by atoms with Crippen LogP contribution in [0.3, 0.4) is 0 Å². The van der Waals surface area contributed by atoms with Gasteiger partial charge in [-0.2, -0.15) is 0 Å². The molecule has 1 atom stereocenters. The predicted molar refractivity (Wildman–Crippen MR) is 49.8 cm³/mol. The van der Waals surface area contributed by atoms with E-state index in [9.17, 15) is 8.42 Å². The minimum Gasteiger partial charge on any atom is -0.509 e. The lowest BCUT2D eigenvalue weighted by Gasteiger charge is -1.90. The molecule has 0 bridgehead atoms. The van der Waals surface area contributed by atoms with E-state index in [2.05, 4.69) is 6.58 Å². The van der Waals surface area contributed by atoms with Gasteiger partial charge in [-0.05, 0) is 13.0 Å². The Morgan fingerprint density at radius 2 is 2.08 bits per heavy atom. The van der Waals surface area contributed by atoms with Crippen molar-refractivity contribution in [2.24, 2.45) is 0 Å². The quantitative estimate of drug-likeness (QED) is 0.395. The van der Waals surface area contributed by atoms with Gasteiger partial charge in [0.25, 0.3) is 0 Å². The van der Waals surface area contributed by atoms with E-state index in [1.54, 1.807) is 13.0 Å². The number of hydrogen-bond donors (Lipinski definition) is 2. The lowest BCUT2D eigenvalue weighted by molar-refractivity contribution is 0.435. The van der Waals surface area contributed by atoms with Gasteiger partial charge in [0.1, 0.15) is 16.5 Å². The Hall–Kier alpha value is -1.03. The highest BCUT2D eigenvalue weighted by Gasteiger charge is 1.94. The van der Waals surface area contributed by atoms with Gasteiger partial charge in [-0.15, -0.1) is 0 Å². The second-order valence-corrected chi connectivity index (χ2v) is 3.65. The van der Waals surface area contributed by atoms with Crippen LogP contribution in [0.15, 0.2) is 36.6 Å². The third-order valence-corrected chi connectivity index (χ3v) is 1.96. The average molecular weight is 188 g/mol. The summed E-state index contributed by atoms with van der Waals surface area (Å²) in [6, 6.07) is 0. The number of allylic oxidation sites excluding steroid dienone is 3. The van der Waals surface area contributed by atoms with E-state index in [0.29, 0.717) is 0 Å². The Bertz CT molecular complexity index is 266. The van der Waals surface area contributed by atoms with Gasteiger partial charge in [0, 0.05) is 0 Å². The monoisotopic (exact) mass is 188 g/mol. The number of thiol groups is 1. The summed E-state index contributed by atoms with van der Waals surface area (Å²) >= 11 is 0. The molecule has 3 nitrogen and oxygen atoms in total. The maximum atomic E-state index is 10.3.